The summed E-state index contributed by atoms with van der Waals surface area (Å²) in [6.45, 7) is 0.415. The zero-order valence-electron chi connectivity index (χ0n) is 5.57. The molecule has 2 N–H and O–H groups in total. The Morgan fingerprint density at radius 1 is 1.50 bits per heavy atom. The Kier molecular flexibility index (Phi) is 3.35. The van der Waals surface area contributed by atoms with E-state index in [0.717, 1.165) is 0 Å². The van der Waals surface area contributed by atoms with Gasteiger partial charge in [-0.25, -0.2) is 0 Å². The van der Waals surface area contributed by atoms with E-state index in [9.17, 15) is 13.2 Å². The predicted molar refractivity (Wildman–Crippen MR) is 33.1 cm³/mol. The molecule has 60 valence electrons. The van der Waals surface area contributed by atoms with Gasteiger partial charge in [-0.3, -0.25) is 4.99 Å². The fourth-order valence-electron chi connectivity index (χ4n) is 0.289. The lowest BCUT2D eigenvalue weighted by Gasteiger charge is -2.01. The van der Waals surface area contributed by atoms with Gasteiger partial charge >= 0.3 is 6.18 Å². The lowest BCUT2D eigenvalue weighted by atomic mass is 10.4. The van der Waals surface area contributed by atoms with Crippen LogP contribution in [0.15, 0.2) is 4.99 Å². The SMILES string of the molecule is CC(CN)=NCC(F)(F)F. The van der Waals surface area contributed by atoms with Crippen LogP contribution in [0.2, 0.25) is 0 Å². The maximum absolute atomic E-state index is 11.4. The van der Waals surface area contributed by atoms with Crippen molar-refractivity contribution in [3.63, 3.8) is 0 Å². The third-order valence-corrected chi connectivity index (χ3v) is 0.824. The Hall–Kier alpha value is -0.580. The Balaban J connectivity index is 3.73. The molecule has 0 bridgehead atoms. The highest BCUT2D eigenvalue weighted by Crippen LogP contribution is 2.14. The van der Waals surface area contributed by atoms with E-state index >= 15 is 0 Å². The maximum atomic E-state index is 11.4. The van der Waals surface area contributed by atoms with Crippen molar-refractivity contribution in [2.24, 2.45) is 10.7 Å². The van der Waals surface area contributed by atoms with Gasteiger partial charge in [-0.05, 0) is 6.92 Å². The first kappa shape index (κ1) is 9.42. The Bertz CT molecular complexity index is 127. The summed E-state index contributed by atoms with van der Waals surface area (Å²) in [7, 11) is 0. The van der Waals surface area contributed by atoms with Gasteiger partial charge in [0.05, 0.1) is 0 Å². The topological polar surface area (TPSA) is 38.4 Å². The highest BCUT2D eigenvalue weighted by atomic mass is 19.4. The first-order valence-corrected chi connectivity index (χ1v) is 2.72. The number of halogens is 3. The van der Waals surface area contributed by atoms with Crippen LogP contribution in [0.5, 0.6) is 0 Å². The minimum Gasteiger partial charge on any atom is -0.326 e. The molecule has 0 aliphatic carbocycles. The maximum Gasteiger partial charge on any atom is 0.407 e. The summed E-state index contributed by atoms with van der Waals surface area (Å²) in [6, 6.07) is 0. The van der Waals surface area contributed by atoms with Crippen molar-refractivity contribution in [1.82, 2.24) is 0 Å². The average Bonchev–Trinajstić information content (AvgIpc) is 1.81. The average molecular weight is 154 g/mol. The van der Waals surface area contributed by atoms with E-state index < -0.39 is 12.7 Å². The fraction of sp³-hybridized carbons (Fsp3) is 0.800. The zero-order chi connectivity index (χ0) is 8.20. The summed E-state index contributed by atoms with van der Waals surface area (Å²) in [5, 5.41) is 0. The predicted octanol–water partition coefficient (Wildman–Crippen LogP) is 0.968. The second-order valence-electron chi connectivity index (χ2n) is 1.87. The second kappa shape index (κ2) is 3.55. The standard InChI is InChI=1S/C5H9F3N2/c1-4(2-9)10-3-5(6,7)8/h2-3,9H2,1H3. The third-order valence-electron chi connectivity index (χ3n) is 0.824. The zero-order valence-corrected chi connectivity index (χ0v) is 5.57. The highest BCUT2D eigenvalue weighted by molar-refractivity contribution is 5.83. The molecule has 0 spiro atoms. The minimum absolute atomic E-state index is 0.0794. The van der Waals surface area contributed by atoms with Crippen LogP contribution in [0.1, 0.15) is 6.92 Å². The van der Waals surface area contributed by atoms with Crippen molar-refractivity contribution in [2.45, 2.75) is 13.1 Å². The molecule has 0 aromatic carbocycles. The number of aliphatic imine (C=N–C) groups is 1. The Morgan fingerprint density at radius 2 is 2.00 bits per heavy atom. The molecule has 0 atom stereocenters. The normalized spacial score (nSPS) is 13.9. The van der Waals surface area contributed by atoms with Crippen LogP contribution in [-0.2, 0) is 0 Å². The van der Waals surface area contributed by atoms with Crippen molar-refractivity contribution < 1.29 is 13.2 Å². The van der Waals surface area contributed by atoms with Gasteiger partial charge in [0, 0.05) is 12.3 Å². The number of nitrogens with two attached hydrogens (primary N) is 1. The molecule has 5 heteroatoms. The lowest BCUT2D eigenvalue weighted by molar-refractivity contribution is -0.118. The molecule has 0 saturated heterocycles. The van der Waals surface area contributed by atoms with E-state index in [2.05, 4.69) is 4.99 Å². The van der Waals surface area contributed by atoms with Crippen LogP contribution in [0.25, 0.3) is 0 Å². The lowest BCUT2D eigenvalue weighted by Crippen LogP contribution is -2.16. The van der Waals surface area contributed by atoms with Crippen LogP contribution in [-0.4, -0.2) is 25.0 Å². The molecule has 0 radical (unpaired) electrons. The van der Waals surface area contributed by atoms with E-state index in [1.807, 2.05) is 0 Å². The van der Waals surface area contributed by atoms with Crippen LogP contribution in [0, 0.1) is 0 Å². The fourth-order valence-corrected chi connectivity index (χ4v) is 0.289. The molecule has 0 heterocycles. The largest absolute Gasteiger partial charge is 0.407 e. The highest BCUT2D eigenvalue weighted by Gasteiger charge is 2.26. The summed E-state index contributed by atoms with van der Waals surface area (Å²) in [6.07, 6.45) is -4.21. The van der Waals surface area contributed by atoms with E-state index in [1.54, 1.807) is 0 Å². The molecule has 0 amide bonds. The second-order valence-corrected chi connectivity index (χ2v) is 1.87. The van der Waals surface area contributed by atoms with Crippen LogP contribution in [0.4, 0.5) is 13.2 Å². The van der Waals surface area contributed by atoms with Crippen molar-refractivity contribution in [1.29, 1.82) is 0 Å². The molecule has 10 heavy (non-hydrogen) atoms. The smallest absolute Gasteiger partial charge is 0.326 e. The molecule has 0 aromatic rings. The third kappa shape index (κ3) is 5.55. The van der Waals surface area contributed by atoms with Gasteiger partial charge in [0.25, 0.3) is 0 Å². The van der Waals surface area contributed by atoms with E-state index in [4.69, 9.17) is 5.73 Å². The van der Waals surface area contributed by atoms with Gasteiger partial charge in [0.1, 0.15) is 6.54 Å². The van der Waals surface area contributed by atoms with Gasteiger partial charge in [-0.15, -0.1) is 0 Å². The monoisotopic (exact) mass is 154 g/mol. The van der Waals surface area contributed by atoms with Gasteiger partial charge in [-0.2, -0.15) is 13.2 Å². The first-order chi connectivity index (χ1) is 4.45. The molecule has 0 saturated carbocycles. The minimum atomic E-state index is -4.21. The summed E-state index contributed by atoms with van der Waals surface area (Å²) >= 11 is 0. The Labute approximate surface area is 56.9 Å². The summed E-state index contributed by atoms with van der Waals surface area (Å²) in [5.74, 6) is 0. The van der Waals surface area contributed by atoms with Gasteiger partial charge in [0.2, 0.25) is 0 Å². The Morgan fingerprint density at radius 3 is 2.30 bits per heavy atom. The molecule has 0 rings (SSSR count). The molecule has 2 nitrogen and oxygen atoms in total. The molecule has 0 fully saturated rings. The van der Waals surface area contributed by atoms with Crippen LogP contribution < -0.4 is 5.73 Å². The molecule has 0 aliphatic heterocycles. The van der Waals surface area contributed by atoms with E-state index in [0.29, 0.717) is 5.71 Å². The molecule has 0 unspecified atom stereocenters. The van der Waals surface area contributed by atoms with Crippen molar-refractivity contribution in [3.8, 4) is 0 Å². The summed E-state index contributed by atoms with van der Waals surface area (Å²) < 4.78 is 34.2. The first-order valence-electron chi connectivity index (χ1n) is 2.72. The van der Waals surface area contributed by atoms with Crippen molar-refractivity contribution in [2.75, 3.05) is 13.1 Å². The quantitative estimate of drug-likeness (QED) is 0.591. The van der Waals surface area contributed by atoms with E-state index in [1.165, 1.54) is 6.92 Å². The van der Waals surface area contributed by atoms with Crippen molar-refractivity contribution in [3.05, 3.63) is 0 Å². The summed E-state index contributed by atoms with van der Waals surface area (Å²) in [4.78, 5) is 3.18. The van der Waals surface area contributed by atoms with Gasteiger partial charge < -0.3 is 5.73 Å². The van der Waals surface area contributed by atoms with Crippen LogP contribution in [0.3, 0.4) is 0 Å². The van der Waals surface area contributed by atoms with Gasteiger partial charge in [-0.1, -0.05) is 0 Å². The van der Waals surface area contributed by atoms with Crippen LogP contribution >= 0.6 is 0 Å². The number of hydrogen-bond acceptors (Lipinski definition) is 2. The molecular weight excluding hydrogens is 145 g/mol. The number of rotatable bonds is 2. The molecule has 0 aliphatic rings. The van der Waals surface area contributed by atoms with Crippen molar-refractivity contribution >= 4 is 5.71 Å². The number of alkyl halides is 3. The molecular formula is C5H9F3N2. The van der Waals surface area contributed by atoms with Gasteiger partial charge in [0.15, 0.2) is 0 Å². The molecule has 0 aromatic heterocycles. The number of hydrogen-bond donors (Lipinski definition) is 1. The number of nitrogens with zero attached hydrogens (tertiary/aromatic N) is 1. The summed E-state index contributed by atoms with van der Waals surface area (Å²) in [5.41, 5.74) is 5.32. The van der Waals surface area contributed by atoms with E-state index in [-0.39, 0.29) is 6.54 Å².